The topological polar surface area (TPSA) is 72.1 Å². The number of hydrogen-bond donors (Lipinski definition) is 1. The van der Waals surface area contributed by atoms with E-state index in [2.05, 4.69) is 9.97 Å². The lowest BCUT2D eigenvalue weighted by molar-refractivity contribution is 0.0773. The van der Waals surface area contributed by atoms with Gasteiger partial charge in [0.15, 0.2) is 5.69 Å². The predicted octanol–water partition coefficient (Wildman–Crippen LogP) is 2.06. The molecule has 0 aromatic carbocycles. The average Bonchev–Trinajstić information content (AvgIpc) is 3.01. The lowest BCUT2D eigenvalue weighted by Crippen LogP contribution is -2.34. The highest BCUT2D eigenvalue weighted by Gasteiger charge is 2.43. The van der Waals surface area contributed by atoms with Gasteiger partial charge < -0.3 is 10.6 Å². The van der Waals surface area contributed by atoms with Crippen LogP contribution in [0.15, 0.2) is 6.20 Å². The summed E-state index contributed by atoms with van der Waals surface area (Å²) in [4.78, 5) is 23.1. The van der Waals surface area contributed by atoms with Crippen LogP contribution in [0.25, 0.3) is 0 Å². The Balaban J connectivity index is 1.81. The Hall–Kier alpha value is -1.20. The summed E-state index contributed by atoms with van der Waals surface area (Å²) in [6, 6.07) is 0.222. The van der Waals surface area contributed by atoms with Gasteiger partial charge in [0.05, 0.1) is 11.2 Å². The van der Waals surface area contributed by atoms with Gasteiger partial charge in [-0.25, -0.2) is 9.97 Å². The van der Waals surface area contributed by atoms with Crippen molar-refractivity contribution in [1.29, 1.82) is 0 Å². The number of nitrogens with zero attached hydrogens (tertiary/aromatic N) is 3. The van der Waals surface area contributed by atoms with Crippen molar-refractivity contribution in [2.75, 3.05) is 13.1 Å². The van der Waals surface area contributed by atoms with Crippen LogP contribution in [-0.4, -0.2) is 39.9 Å². The number of nitrogens with two attached hydrogens (primary N) is 1. The first-order valence-electron chi connectivity index (χ1n) is 7.54. The van der Waals surface area contributed by atoms with E-state index in [-0.39, 0.29) is 17.9 Å². The van der Waals surface area contributed by atoms with E-state index < -0.39 is 0 Å². The molecule has 0 spiro atoms. The quantitative estimate of drug-likeness (QED) is 0.907. The fourth-order valence-corrected chi connectivity index (χ4v) is 3.60. The number of aromatic nitrogens is 2. The van der Waals surface area contributed by atoms with Crippen LogP contribution < -0.4 is 5.73 Å². The number of likely N-dealkylation sites (tertiary alicyclic amines) is 1. The zero-order chi connectivity index (χ0) is 15.1. The minimum atomic E-state index is -0.0918. The van der Waals surface area contributed by atoms with Crippen LogP contribution in [0.3, 0.4) is 0 Å². The number of fused-ring (bicyclic) bond motifs is 1. The molecule has 0 bridgehead atoms. The van der Waals surface area contributed by atoms with Crippen LogP contribution in [0.2, 0.25) is 5.02 Å². The highest BCUT2D eigenvalue weighted by molar-refractivity contribution is 6.33. The monoisotopic (exact) mass is 308 g/mol. The molecule has 5 nitrogen and oxygen atoms in total. The van der Waals surface area contributed by atoms with E-state index in [1.54, 1.807) is 0 Å². The standard InChI is InChI=1S/C15H21ClN4O/c1-8(2)14-18-5-11(16)13(19-14)15(21)20-6-9-3-4-12(17)10(9)7-20/h5,8-10,12H,3-4,6-7,17H2,1-2H3. The molecule has 1 saturated carbocycles. The molecular formula is C15H21ClN4O. The van der Waals surface area contributed by atoms with Crippen molar-refractivity contribution in [3.05, 3.63) is 22.7 Å². The fraction of sp³-hybridized carbons (Fsp3) is 0.667. The van der Waals surface area contributed by atoms with E-state index in [9.17, 15) is 4.79 Å². The minimum Gasteiger partial charge on any atom is -0.337 e. The lowest BCUT2D eigenvalue weighted by atomic mass is 9.98. The maximum atomic E-state index is 12.7. The number of carbonyl (C=O) groups is 1. The molecule has 21 heavy (non-hydrogen) atoms. The second-order valence-electron chi connectivity index (χ2n) is 6.45. The molecule has 6 heteroatoms. The van der Waals surface area contributed by atoms with E-state index in [1.807, 2.05) is 18.7 Å². The van der Waals surface area contributed by atoms with Crippen LogP contribution in [0.4, 0.5) is 0 Å². The molecule has 2 aliphatic rings. The van der Waals surface area contributed by atoms with E-state index in [4.69, 9.17) is 17.3 Å². The first-order valence-corrected chi connectivity index (χ1v) is 7.92. The van der Waals surface area contributed by atoms with Gasteiger partial charge in [-0.15, -0.1) is 0 Å². The molecule has 114 valence electrons. The fourth-order valence-electron chi connectivity index (χ4n) is 3.43. The van der Waals surface area contributed by atoms with Crippen molar-refractivity contribution >= 4 is 17.5 Å². The molecule has 1 amide bonds. The Morgan fingerprint density at radius 1 is 1.43 bits per heavy atom. The SMILES string of the molecule is CC(C)c1ncc(Cl)c(C(=O)N2CC3CCC(N)C3C2)n1. The van der Waals surface area contributed by atoms with Gasteiger partial charge in [0.25, 0.3) is 5.91 Å². The Morgan fingerprint density at radius 2 is 2.19 bits per heavy atom. The van der Waals surface area contributed by atoms with Gasteiger partial charge in [0.1, 0.15) is 5.82 Å². The number of carbonyl (C=O) groups excluding carboxylic acids is 1. The molecule has 1 aromatic heterocycles. The van der Waals surface area contributed by atoms with Crippen LogP contribution in [-0.2, 0) is 0 Å². The molecule has 3 atom stereocenters. The molecule has 3 rings (SSSR count). The van der Waals surface area contributed by atoms with Gasteiger partial charge in [-0.3, -0.25) is 4.79 Å². The van der Waals surface area contributed by atoms with Crippen molar-refractivity contribution in [2.45, 2.75) is 38.6 Å². The summed E-state index contributed by atoms with van der Waals surface area (Å²) in [7, 11) is 0. The number of hydrogen-bond acceptors (Lipinski definition) is 4. The summed E-state index contributed by atoms with van der Waals surface area (Å²) in [6.45, 7) is 5.49. The summed E-state index contributed by atoms with van der Waals surface area (Å²) in [6.07, 6.45) is 3.72. The van der Waals surface area contributed by atoms with Gasteiger partial charge in [-0.1, -0.05) is 25.4 Å². The van der Waals surface area contributed by atoms with Crippen LogP contribution >= 0.6 is 11.6 Å². The molecule has 1 aromatic rings. The highest BCUT2D eigenvalue weighted by atomic mass is 35.5. The van der Waals surface area contributed by atoms with Crippen molar-refractivity contribution in [3.8, 4) is 0 Å². The molecular weight excluding hydrogens is 288 g/mol. The van der Waals surface area contributed by atoms with Crippen molar-refractivity contribution in [1.82, 2.24) is 14.9 Å². The van der Waals surface area contributed by atoms with Gasteiger partial charge in [0, 0.05) is 25.0 Å². The summed E-state index contributed by atoms with van der Waals surface area (Å²) < 4.78 is 0. The molecule has 1 aliphatic heterocycles. The van der Waals surface area contributed by atoms with Crippen LogP contribution in [0, 0.1) is 11.8 Å². The first kappa shape index (κ1) is 14.7. The first-order chi connectivity index (χ1) is 9.97. The third-order valence-corrected chi connectivity index (χ3v) is 4.96. The Kier molecular flexibility index (Phi) is 3.88. The third kappa shape index (κ3) is 2.64. The molecule has 1 saturated heterocycles. The van der Waals surface area contributed by atoms with Crippen molar-refractivity contribution in [3.63, 3.8) is 0 Å². The lowest BCUT2D eigenvalue weighted by Gasteiger charge is -2.19. The molecule has 1 aliphatic carbocycles. The average molecular weight is 309 g/mol. The predicted molar refractivity (Wildman–Crippen MR) is 81.2 cm³/mol. The number of halogens is 1. The van der Waals surface area contributed by atoms with Crippen molar-refractivity contribution in [2.24, 2.45) is 17.6 Å². The maximum Gasteiger partial charge on any atom is 0.274 e. The molecule has 2 heterocycles. The van der Waals surface area contributed by atoms with E-state index in [0.29, 0.717) is 28.4 Å². The Labute approximate surface area is 129 Å². The van der Waals surface area contributed by atoms with Gasteiger partial charge >= 0.3 is 0 Å². The number of rotatable bonds is 2. The normalized spacial score (nSPS) is 28.2. The Bertz CT molecular complexity index is 563. The third-order valence-electron chi connectivity index (χ3n) is 4.68. The Morgan fingerprint density at radius 3 is 2.86 bits per heavy atom. The summed E-state index contributed by atoms with van der Waals surface area (Å²) in [5.41, 5.74) is 6.45. The molecule has 0 radical (unpaired) electrons. The van der Waals surface area contributed by atoms with E-state index in [1.165, 1.54) is 6.20 Å². The maximum absolute atomic E-state index is 12.7. The largest absolute Gasteiger partial charge is 0.337 e. The zero-order valence-corrected chi connectivity index (χ0v) is 13.2. The second-order valence-corrected chi connectivity index (χ2v) is 6.86. The van der Waals surface area contributed by atoms with E-state index in [0.717, 1.165) is 25.9 Å². The molecule has 3 unspecified atom stereocenters. The van der Waals surface area contributed by atoms with Crippen molar-refractivity contribution < 1.29 is 4.79 Å². The van der Waals surface area contributed by atoms with Crippen LogP contribution in [0.1, 0.15) is 48.9 Å². The van der Waals surface area contributed by atoms with Gasteiger partial charge in [0.2, 0.25) is 0 Å². The van der Waals surface area contributed by atoms with Gasteiger partial charge in [-0.2, -0.15) is 0 Å². The minimum absolute atomic E-state index is 0.0918. The summed E-state index contributed by atoms with van der Waals surface area (Å²) >= 11 is 6.13. The smallest absolute Gasteiger partial charge is 0.274 e. The highest BCUT2D eigenvalue weighted by Crippen LogP contribution is 2.37. The van der Waals surface area contributed by atoms with Crippen LogP contribution in [0.5, 0.6) is 0 Å². The van der Waals surface area contributed by atoms with Gasteiger partial charge in [-0.05, 0) is 24.7 Å². The second kappa shape index (κ2) is 5.54. The number of amides is 1. The molecule has 2 fully saturated rings. The molecule has 2 N–H and O–H groups in total. The summed E-state index contributed by atoms with van der Waals surface area (Å²) in [5, 5.41) is 0.325. The zero-order valence-electron chi connectivity index (χ0n) is 12.4. The summed E-state index contributed by atoms with van der Waals surface area (Å²) in [5.74, 6) is 1.69. The van der Waals surface area contributed by atoms with E-state index >= 15 is 0 Å².